The molecule has 14 heavy (non-hydrogen) atoms. The lowest BCUT2D eigenvalue weighted by molar-refractivity contribution is 0.100. The molecule has 0 bridgehead atoms. The van der Waals surface area contributed by atoms with Gasteiger partial charge in [0.15, 0.2) is 0 Å². The highest BCUT2D eigenvalue weighted by atomic mass is 32.1. The zero-order valence-electron chi connectivity index (χ0n) is 8.38. The molecule has 0 aliphatic heterocycles. The van der Waals surface area contributed by atoms with Crippen molar-refractivity contribution in [1.29, 1.82) is 0 Å². The van der Waals surface area contributed by atoms with E-state index in [0.29, 0.717) is 10.6 Å². The molecule has 0 saturated heterocycles. The molecule has 0 aromatic carbocycles. The Labute approximate surface area is 88.1 Å². The lowest BCUT2D eigenvalue weighted by Crippen LogP contribution is -2.11. The molecule has 1 aromatic rings. The number of hydrogen-bond acceptors (Lipinski definition) is 3. The highest BCUT2D eigenvalue weighted by molar-refractivity contribution is 7.16. The third-order valence-electron chi connectivity index (χ3n) is 2.10. The maximum absolute atomic E-state index is 10.9. The molecule has 4 heteroatoms. The molecule has 0 aliphatic carbocycles. The van der Waals surface area contributed by atoms with E-state index in [1.807, 2.05) is 6.07 Å². The molecule has 1 aromatic heterocycles. The van der Waals surface area contributed by atoms with Crippen LogP contribution in [0.25, 0.3) is 0 Å². The van der Waals surface area contributed by atoms with Crippen LogP contribution in [0.15, 0.2) is 6.07 Å². The third kappa shape index (κ3) is 2.73. The summed E-state index contributed by atoms with van der Waals surface area (Å²) in [7, 11) is 0. The van der Waals surface area contributed by atoms with E-state index in [-0.39, 0.29) is 0 Å². The largest absolute Gasteiger partial charge is 0.390 e. The molecule has 0 spiro atoms. The van der Waals surface area contributed by atoms with Crippen LogP contribution >= 0.6 is 11.3 Å². The molecular formula is C10H16N2OS. The summed E-state index contributed by atoms with van der Waals surface area (Å²) in [5.41, 5.74) is 11.3. The number of carbonyl (C=O) groups is 1. The van der Waals surface area contributed by atoms with Gasteiger partial charge in [0.25, 0.3) is 5.91 Å². The van der Waals surface area contributed by atoms with E-state index in [1.54, 1.807) is 0 Å². The van der Waals surface area contributed by atoms with Gasteiger partial charge >= 0.3 is 0 Å². The Morgan fingerprint density at radius 3 is 2.71 bits per heavy atom. The van der Waals surface area contributed by atoms with Crippen molar-refractivity contribution in [1.82, 2.24) is 0 Å². The molecule has 0 radical (unpaired) electrons. The summed E-state index contributed by atoms with van der Waals surface area (Å²) in [4.78, 5) is 12.1. The van der Waals surface area contributed by atoms with Gasteiger partial charge in [0.05, 0.1) is 10.6 Å². The molecular weight excluding hydrogens is 196 g/mol. The lowest BCUT2D eigenvalue weighted by Gasteiger charge is -1.94. The number of primary amides is 1. The molecule has 4 N–H and O–H groups in total. The fraction of sp³-hybridized carbons (Fsp3) is 0.500. The molecule has 1 rings (SSSR count). The van der Waals surface area contributed by atoms with Crippen LogP contribution in [0.4, 0.5) is 5.00 Å². The Bertz CT molecular complexity index is 320. The number of amides is 1. The summed E-state index contributed by atoms with van der Waals surface area (Å²) in [6, 6.07) is 1.82. The first-order chi connectivity index (χ1) is 6.65. The van der Waals surface area contributed by atoms with E-state index in [0.717, 1.165) is 17.7 Å². The molecule has 0 saturated carbocycles. The Morgan fingerprint density at radius 2 is 2.21 bits per heavy atom. The van der Waals surface area contributed by atoms with Crippen LogP contribution in [0.5, 0.6) is 0 Å². The van der Waals surface area contributed by atoms with Crippen LogP contribution in [0, 0.1) is 0 Å². The first kappa shape index (κ1) is 11.0. The summed E-state index contributed by atoms with van der Waals surface area (Å²) >= 11 is 1.47. The summed E-state index contributed by atoms with van der Waals surface area (Å²) in [6.07, 6.45) is 4.55. The molecule has 1 amide bonds. The second-order valence-electron chi connectivity index (χ2n) is 3.31. The monoisotopic (exact) mass is 212 g/mol. The Kier molecular flexibility index (Phi) is 3.95. The number of nitrogen functional groups attached to an aromatic ring is 1. The number of carbonyl (C=O) groups excluding carboxylic acids is 1. The fourth-order valence-electron chi connectivity index (χ4n) is 1.32. The number of anilines is 1. The molecule has 0 atom stereocenters. The Morgan fingerprint density at radius 1 is 1.50 bits per heavy atom. The fourth-order valence-corrected chi connectivity index (χ4v) is 2.30. The maximum Gasteiger partial charge on any atom is 0.251 e. The predicted molar refractivity (Wildman–Crippen MR) is 60.5 cm³/mol. The van der Waals surface area contributed by atoms with Gasteiger partial charge in [-0.3, -0.25) is 4.79 Å². The Hall–Kier alpha value is -1.03. The standard InChI is InChI=1S/C10H16N2OS/c1-2-3-4-5-7-6-8(9(11)13)10(12)14-7/h6H,2-5,12H2,1H3,(H2,11,13). The van der Waals surface area contributed by atoms with Crippen molar-refractivity contribution in [2.24, 2.45) is 5.73 Å². The first-order valence-electron chi connectivity index (χ1n) is 4.83. The lowest BCUT2D eigenvalue weighted by atomic mass is 10.1. The summed E-state index contributed by atoms with van der Waals surface area (Å²) in [5, 5.41) is 0.545. The van der Waals surface area contributed by atoms with Crippen LogP contribution in [0.2, 0.25) is 0 Å². The first-order valence-corrected chi connectivity index (χ1v) is 5.64. The molecule has 0 fully saturated rings. The van der Waals surface area contributed by atoms with Gasteiger partial charge in [0.2, 0.25) is 0 Å². The second kappa shape index (κ2) is 5.00. The van der Waals surface area contributed by atoms with Crippen LogP contribution in [0.3, 0.4) is 0 Å². The minimum atomic E-state index is -0.430. The number of hydrogen-bond donors (Lipinski definition) is 2. The highest BCUT2D eigenvalue weighted by Gasteiger charge is 2.10. The van der Waals surface area contributed by atoms with Crippen molar-refractivity contribution in [2.45, 2.75) is 32.6 Å². The van der Waals surface area contributed by atoms with Gasteiger partial charge in [-0.25, -0.2) is 0 Å². The van der Waals surface area contributed by atoms with E-state index >= 15 is 0 Å². The van der Waals surface area contributed by atoms with E-state index in [4.69, 9.17) is 11.5 Å². The molecule has 1 heterocycles. The number of unbranched alkanes of at least 4 members (excludes halogenated alkanes) is 2. The maximum atomic E-state index is 10.9. The van der Waals surface area contributed by atoms with E-state index in [9.17, 15) is 4.79 Å². The van der Waals surface area contributed by atoms with Crippen molar-refractivity contribution in [3.63, 3.8) is 0 Å². The number of thiophene rings is 1. The summed E-state index contributed by atoms with van der Waals surface area (Å²) in [6.45, 7) is 2.16. The van der Waals surface area contributed by atoms with Gasteiger partial charge in [-0.1, -0.05) is 19.8 Å². The van der Waals surface area contributed by atoms with Crippen molar-refractivity contribution in [3.8, 4) is 0 Å². The molecule has 3 nitrogen and oxygen atoms in total. The van der Waals surface area contributed by atoms with Gasteiger partial charge in [-0.05, 0) is 18.9 Å². The third-order valence-corrected chi connectivity index (χ3v) is 3.13. The van der Waals surface area contributed by atoms with Crippen molar-refractivity contribution in [2.75, 3.05) is 5.73 Å². The predicted octanol–water partition coefficient (Wildman–Crippen LogP) is 2.16. The van der Waals surface area contributed by atoms with Crippen LogP contribution in [0.1, 0.15) is 41.4 Å². The van der Waals surface area contributed by atoms with Crippen LogP contribution in [-0.4, -0.2) is 5.91 Å². The minimum absolute atomic E-state index is 0.430. The number of nitrogens with two attached hydrogens (primary N) is 2. The quantitative estimate of drug-likeness (QED) is 0.734. The average Bonchev–Trinajstić information content (AvgIpc) is 2.47. The Balaban J connectivity index is 2.62. The van der Waals surface area contributed by atoms with Crippen molar-refractivity contribution < 1.29 is 4.79 Å². The van der Waals surface area contributed by atoms with Crippen molar-refractivity contribution >= 4 is 22.2 Å². The number of aryl methyl sites for hydroxylation is 1. The van der Waals surface area contributed by atoms with Gasteiger partial charge in [0, 0.05) is 4.88 Å². The molecule has 0 aliphatic rings. The summed E-state index contributed by atoms with van der Waals surface area (Å²) in [5.74, 6) is -0.430. The van der Waals surface area contributed by atoms with Gasteiger partial charge in [-0.2, -0.15) is 0 Å². The van der Waals surface area contributed by atoms with Gasteiger partial charge in [-0.15, -0.1) is 11.3 Å². The normalized spacial score (nSPS) is 10.4. The molecule has 78 valence electrons. The molecule has 0 unspecified atom stereocenters. The van der Waals surface area contributed by atoms with E-state index in [2.05, 4.69) is 6.92 Å². The van der Waals surface area contributed by atoms with Crippen molar-refractivity contribution in [3.05, 3.63) is 16.5 Å². The second-order valence-corrected chi connectivity index (χ2v) is 4.48. The van der Waals surface area contributed by atoms with E-state index < -0.39 is 5.91 Å². The number of rotatable bonds is 5. The van der Waals surface area contributed by atoms with Crippen LogP contribution in [-0.2, 0) is 6.42 Å². The van der Waals surface area contributed by atoms with Gasteiger partial charge < -0.3 is 11.5 Å². The van der Waals surface area contributed by atoms with E-state index in [1.165, 1.54) is 24.2 Å². The average molecular weight is 212 g/mol. The zero-order valence-corrected chi connectivity index (χ0v) is 9.19. The smallest absolute Gasteiger partial charge is 0.251 e. The van der Waals surface area contributed by atoms with Crippen LogP contribution < -0.4 is 11.5 Å². The highest BCUT2D eigenvalue weighted by Crippen LogP contribution is 2.25. The zero-order chi connectivity index (χ0) is 10.6. The van der Waals surface area contributed by atoms with Gasteiger partial charge in [0.1, 0.15) is 0 Å². The minimum Gasteiger partial charge on any atom is -0.390 e. The topological polar surface area (TPSA) is 69.1 Å². The summed E-state index contributed by atoms with van der Waals surface area (Å²) < 4.78 is 0. The SMILES string of the molecule is CCCCCc1cc(C(N)=O)c(N)s1.